The standard InChI is InChI=1S/C12H13ClN2OS/c13-8-3-4-11-10(6-8)14-12(16)15(11)7-9-2-1-5-17-9/h3-4,6,9H,1-2,5,7H2,(H,14,16). The first kappa shape index (κ1) is 11.2. The molecule has 1 N–H and O–H groups in total. The fourth-order valence-corrected chi connectivity index (χ4v) is 3.74. The summed E-state index contributed by atoms with van der Waals surface area (Å²) < 4.78 is 1.83. The van der Waals surface area contributed by atoms with Crippen molar-refractivity contribution in [2.75, 3.05) is 5.75 Å². The number of nitrogens with one attached hydrogen (secondary N) is 1. The number of aromatic nitrogens is 2. The summed E-state index contributed by atoms with van der Waals surface area (Å²) in [5, 5.41) is 1.23. The van der Waals surface area contributed by atoms with Crippen molar-refractivity contribution < 1.29 is 0 Å². The Hall–Kier alpha value is -0.870. The second kappa shape index (κ2) is 4.42. The van der Waals surface area contributed by atoms with Gasteiger partial charge in [0.05, 0.1) is 11.0 Å². The first-order chi connectivity index (χ1) is 8.24. The van der Waals surface area contributed by atoms with Gasteiger partial charge in [-0.3, -0.25) is 4.57 Å². The molecule has 2 aromatic rings. The molecule has 0 bridgehead atoms. The molecule has 3 rings (SSSR count). The van der Waals surface area contributed by atoms with Gasteiger partial charge < -0.3 is 4.98 Å². The van der Waals surface area contributed by atoms with Crippen molar-refractivity contribution in [2.24, 2.45) is 0 Å². The summed E-state index contributed by atoms with van der Waals surface area (Å²) in [6.45, 7) is 0.797. The molecule has 0 amide bonds. The maximum Gasteiger partial charge on any atom is 0.326 e. The molecule has 0 spiro atoms. The van der Waals surface area contributed by atoms with E-state index in [9.17, 15) is 4.79 Å². The van der Waals surface area contributed by atoms with E-state index in [-0.39, 0.29) is 5.69 Å². The zero-order valence-electron chi connectivity index (χ0n) is 9.28. The highest BCUT2D eigenvalue weighted by Gasteiger charge is 2.18. The predicted octanol–water partition coefficient (Wildman–Crippen LogP) is 2.88. The molecule has 2 heterocycles. The van der Waals surface area contributed by atoms with E-state index in [0.717, 1.165) is 17.6 Å². The maximum absolute atomic E-state index is 11.9. The minimum absolute atomic E-state index is 0.0326. The van der Waals surface area contributed by atoms with Crippen molar-refractivity contribution >= 4 is 34.4 Å². The monoisotopic (exact) mass is 268 g/mol. The Labute approximate surface area is 108 Å². The molecule has 17 heavy (non-hydrogen) atoms. The van der Waals surface area contributed by atoms with Crippen LogP contribution in [0.2, 0.25) is 5.02 Å². The number of nitrogens with zero attached hydrogens (tertiary/aromatic N) is 1. The quantitative estimate of drug-likeness (QED) is 0.909. The van der Waals surface area contributed by atoms with Crippen LogP contribution in [0.1, 0.15) is 12.8 Å². The van der Waals surface area contributed by atoms with Gasteiger partial charge >= 0.3 is 5.69 Å². The molecular formula is C12H13ClN2OS. The smallest absolute Gasteiger partial charge is 0.305 e. The number of imidazole rings is 1. The number of rotatable bonds is 2. The van der Waals surface area contributed by atoms with Crippen LogP contribution in [0.5, 0.6) is 0 Å². The highest BCUT2D eigenvalue weighted by atomic mass is 35.5. The lowest BCUT2D eigenvalue weighted by atomic mass is 10.2. The number of halogens is 1. The van der Waals surface area contributed by atoms with E-state index in [1.54, 1.807) is 6.07 Å². The molecule has 1 unspecified atom stereocenters. The molecule has 0 radical (unpaired) electrons. The molecule has 1 fully saturated rings. The second-order valence-corrected chi connectivity index (χ2v) is 6.18. The van der Waals surface area contributed by atoms with Crippen LogP contribution < -0.4 is 5.69 Å². The number of fused-ring (bicyclic) bond motifs is 1. The summed E-state index contributed by atoms with van der Waals surface area (Å²) >= 11 is 7.88. The minimum Gasteiger partial charge on any atom is -0.305 e. The topological polar surface area (TPSA) is 37.8 Å². The Kier molecular flexibility index (Phi) is 2.92. The number of thioether (sulfide) groups is 1. The summed E-state index contributed by atoms with van der Waals surface area (Å²) in [5.74, 6) is 1.22. The highest BCUT2D eigenvalue weighted by Crippen LogP contribution is 2.28. The van der Waals surface area contributed by atoms with Gasteiger partial charge in [-0.15, -0.1) is 0 Å². The molecule has 1 saturated heterocycles. The fourth-order valence-electron chi connectivity index (χ4n) is 2.31. The third-order valence-corrected chi connectivity index (χ3v) is 4.76. The lowest BCUT2D eigenvalue weighted by Crippen LogP contribution is -2.21. The van der Waals surface area contributed by atoms with Crippen LogP contribution in [0.25, 0.3) is 11.0 Å². The average Bonchev–Trinajstić information content (AvgIpc) is 2.88. The number of hydrogen-bond acceptors (Lipinski definition) is 2. The van der Waals surface area contributed by atoms with Crippen LogP contribution in [0.3, 0.4) is 0 Å². The summed E-state index contributed by atoms with van der Waals surface area (Å²) in [6, 6.07) is 5.54. The SMILES string of the molecule is O=c1[nH]c2cc(Cl)ccc2n1CC1CCCS1. The zero-order valence-corrected chi connectivity index (χ0v) is 10.9. The third kappa shape index (κ3) is 2.11. The molecule has 1 aliphatic heterocycles. The van der Waals surface area contributed by atoms with E-state index in [1.807, 2.05) is 28.5 Å². The third-order valence-electron chi connectivity index (χ3n) is 3.15. The first-order valence-electron chi connectivity index (χ1n) is 5.74. The van der Waals surface area contributed by atoms with Gasteiger partial charge in [-0.05, 0) is 36.8 Å². The molecule has 90 valence electrons. The molecule has 1 aliphatic rings. The maximum atomic E-state index is 11.9. The van der Waals surface area contributed by atoms with Gasteiger partial charge in [-0.2, -0.15) is 11.8 Å². The van der Waals surface area contributed by atoms with Gasteiger partial charge in [0.15, 0.2) is 0 Å². The molecule has 1 aromatic carbocycles. The fraction of sp³-hybridized carbons (Fsp3) is 0.417. The van der Waals surface area contributed by atoms with Crippen LogP contribution in [0.4, 0.5) is 0 Å². The minimum atomic E-state index is -0.0326. The van der Waals surface area contributed by atoms with Gasteiger partial charge in [0.2, 0.25) is 0 Å². The van der Waals surface area contributed by atoms with Gasteiger partial charge in [0.25, 0.3) is 0 Å². The molecule has 0 aliphatic carbocycles. The van der Waals surface area contributed by atoms with Gasteiger partial charge in [-0.25, -0.2) is 4.79 Å². The molecular weight excluding hydrogens is 256 g/mol. The summed E-state index contributed by atoms with van der Waals surface area (Å²) in [7, 11) is 0. The van der Waals surface area contributed by atoms with Crippen LogP contribution in [-0.2, 0) is 6.54 Å². The summed E-state index contributed by atoms with van der Waals surface area (Å²) in [5.41, 5.74) is 1.74. The van der Waals surface area contributed by atoms with Gasteiger partial charge in [0.1, 0.15) is 0 Å². The van der Waals surface area contributed by atoms with Gasteiger partial charge in [0, 0.05) is 16.8 Å². The average molecular weight is 269 g/mol. The Bertz CT molecular complexity index is 598. The van der Waals surface area contributed by atoms with Crippen molar-refractivity contribution in [3.05, 3.63) is 33.7 Å². The summed E-state index contributed by atoms with van der Waals surface area (Å²) in [4.78, 5) is 14.7. The highest BCUT2D eigenvalue weighted by molar-refractivity contribution is 8.00. The number of hydrogen-bond donors (Lipinski definition) is 1. The van der Waals surface area contributed by atoms with Crippen LogP contribution in [-0.4, -0.2) is 20.6 Å². The Balaban J connectivity index is 2.02. The molecule has 1 atom stereocenters. The lowest BCUT2D eigenvalue weighted by molar-refractivity contribution is 0.636. The Morgan fingerprint density at radius 2 is 2.41 bits per heavy atom. The molecule has 3 nitrogen and oxygen atoms in total. The van der Waals surface area contributed by atoms with E-state index >= 15 is 0 Å². The van der Waals surface area contributed by atoms with E-state index in [0.29, 0.717) is 10.3 Å². The first-order valence-corrected chi connectivity index (χ1v) is 7.16. The number of aromatic amines is 1. The largest absolute Gasteiger partial charge is 0.326 e. The van der Waals surface area contributed by atoms with E-state index in [2.05, 4.69) is 4.98 Å². The van der Waals surface area contributed by atoms with Crippen molar-refractivity contribution in [2.45, 2.75) is 24.6 Å². The Morgan fingerprint density at radius 3 is 3.18 bits per heavy atom. The number of benzene rings is 1. The van der Waals surface area contributed by atoms with Crippen molar-refractivity contribution in [3.63, 3.8) is 0 Å². The molecule has 0 saturated carbocycles. The van der Waals surface area contributed by atoms with Crippen molar-refractivity contribution in [1.29, 1.82) is 0 Å². The normalized spacial score (nSPS) is 20.2. The summed E-state index contributed by atoms with van der Waals surface area (Å²) in [6.07, 6.45) is 2.47. The molecule has 1 aromatic heterocycles. The van der Waals surface area contributed by atoms with Crippen LogP contribution in [0.15, 0.2) is 23.0 Å². The Morgan fingerprint density at radius 1 is 1.53 bits per heavy atom. The van der Waals surface area contributed by atoms with Crippen LogP contribution >= 0.6 is 23.4 Å². The second-order valence-electron chi connectivity index (χ2n) is 4.34. The van der Waals surface area contributed by atoms with E-state index in [1.165, 1.54) is 18.6 Å². The lowest BCUT2D eigenvalue weighted by Gasteiger charge is -2.09. The number of H-pyrrole nitrogens is 1. The van der Waals surface area contributed by atoms with E-state index < -0.39 is 0 Å². The molecule has 5 heteroatoms. The van der Waals surface area contributed by atoms with Gasteiger partial charge in [-0.1, -0.05) is 11.6 Å². The zero-order chi connectivity index (χ0) is 11.8. The predicted molar refractivity (Wildman–Crippen MR) is 73.0 cm³/mol. The van der Waals surface area contributed by atoms with Crippen molar-refractivity contribution in [3.8, 4) is 0 Å². The van der Waals surface area contributed by atoms with E-state index in [4.69, 9.17) is 11.6 Å². The van der Waals surface area contributed by atoms with Crippen LogP contribution in [0, 0.1) is 0 Å². The van der Waals surface area contributed by atoms with Crippen molar-refractivity contribution in [1.82, 2.24) is 9.55 Å².